The number of aryl methyl sites for hydroxylation is 1. The van der Waals surface area contributed by atoms with Gasteiger partial charge in [-0.15, -0.1) is 11.8 Å². The summed E-state index contributed by atoms with van der Waals surface area (Å²) in [6.07, 6.45) is 26.3. The van der Waals surface area contributed by atoms with Crippen molar-refractivity contribution < 1.29 is 14.7 Å². The van der Waals surface area contributed by atoms with E-state index in [9.17, 15) is 9.90 Å². The Bertz CT molecular complexity index is 996. The van der Waals surface area contributed by atoms with E-state index >= 15 is 0 Å². The molecule has 0 fully saturated rings. The molecule has 1 aromatic carbocycles. The number of unbranched alkanes of at least 4 members (excludes halogenated alkanes) is 10. The van der Waals surface area contributed by atoms with Gasteiger partial charge in [-0.25, -0.2) is 0 Å². The summed E-state index contributed by atoms with van der Waals surface area (Å²) in [6.45, 7) is 14.0. The molecule has 0 saturated carbocycles. The molecule has 3 atom stereocenters. The summed E-state index contributed by atoms with van der Waals surface area (Å²) in [4.78, 5) is 18.2. The molecule has 0 aliphatic heterocycles. The number of nitrogens with one attached hydrogen (secondary N) is 1. The first-order valence-corrected chi connectivity index (χ1v) is 20.4. The van der Waals surface area contributed by atoms with Crippen molar-refractivity contribution in [2.75, 3.05) is 26.2 Å². The van der Waals surface area contributed by atoms with Crippen LogP contribution in [-0.4, -0.2) is 54.3 Å². The van der Waals surface area contributed by atoms with Crippen molar-refractivity contribution in [3.05, 3.63) is 47.5 Å². The zero-order valence-electron chi connectivity index (χ0n) is 32.6. The molecule has 5 heteroatoms. The van der Waals surface area contributed by atoms with Crippen LogP contribution in [0.4, 0.5) is 0 Å². The van der Waals surface area contributed by atoms with E-state index in [-0.39, 0.29) is 5.92 Å². The molecule has 1 aromatic rings. The highest BCUT2D eigenvalue weighted by Crippen LogP contribution is 2.18. The summed E-state index contributed by atoms with van der Waals surface area (Å²) in [5.41, 5.74) is 2.71. The summed E-state index contributed by atoms with van der Waals surface area (Å²) < 4.78 is 0. The fraction of sp³-hybridized carbons (Fsp3) is 0.750. The average Bonchev–Trinajstić information content (AvgIpc) is 3.11. The smallest absolute Gasteiger partial charge is 0.132 e. The van der Waals surface area contributed by atoms with Crippen LogP contribution in [0.15, 0.2) is 36.4 Å². The second-order valence-corrected chi connectivity index (χ2v) is 14.0. The van der Waals surface area contributed by atoms with Crippen molar-refractivity contribution in [3.63, 3.8) is 0 Å². The number of hydrogen-bond acceptors (Lipinski definition) is 5. The standard InChI is InChI=1S/C44H76N2O3/c1-6-11-14-17-22-27-43(47)28-23-19-16-15-18-21-26-41(44(48)34-37-49-46(10-5)36-24-13-8-3)33-35-45-42(9-4)38-40-31-29-39(30-32-40)25-20-12-7-2/h21,26,29-32,41-42,44-45,48H,6,8-11,13-20,22-25,27-28,33-38H2,1-5H3/b26-21+. The van der Waals surface area contributed by atoms with Gasteiger partial charge in [0.1, 0.15) is 5.78 Å². The Morgan fingerprint density at radius 1 is 0.878 bits per heavy atom. The quantitative estimate of drug-likeness (QED) is 0.0335. The van der Waals surface area contributed by atoms with Gasteiger partial charge in [0.15, 0.2) is 0 Å². The van der Waals surface area contributed by atoms with Crippen molar-refractivity contribution >= 4 is 5.78 Å². The number of rotatable bonds is 33. The number of ketones is 1. The summed E-state index contributed by atoms with van der Waals surface area (Å²) >= 11 is 0. The predicted molar refractivity (Wildman–Crippen MR) is 211 cm³/mol. The highest BCUT2D eigenvalue weighted by atomic mass is 16.7. The van der Waals surface area contributed by atoms with E-state index in [1.807, 2.05) is 12.0 Å². The SMILES string of the molecule is CC#CCCc1ccc(CC(CC)NCCC(/C=C/CCCCCCC(=O)CCCCCCC)C(O)CCON(CC)CCCCC)cc1. The summed E-state index contributed by atoms with van der Waals surface area (Å²) in [5.74, 6) is 6.69. The third-order valence-electron chi connectivity index (χ3n) is 9.69. The fourth-order valence-corrected chi connectivity index (χ4v) is 6.32. The van der Waals surface area contributed by atoms with Crippen LogP contribution in [0.25, 0.3) is 0 Å². The minimum Gasteiger partial charge on any atom is -0.392 e. The molecule has 0 aliphatic rings. The predicted octanol–water partition coefficient (Wildman–Crippen LogP) is 10.6. The number of aliphatic hydroxyl groups excluding tert-OH is 1. The van der Waals surface area contributed by atoms with E-state index in [2.05, 4.69) is 81.3 Å². The van der Waals surface area contributed by atoms with Gasteiger partial charge < -0.3 is 10.4 Å². The van der Waals surface area contributed by atoms with Crippen LogP contribution in [0.2, 0.25) is 0 Å². The van der Waals surface area contributed by atoms with Gasteiger partial charge in [0.2, 0.25) is 0 Å². The second-order valence-electron chi connectivity index (χ2n) is 14.0. The molecule has 0 heterocycles. The average molecular weight is 681 g/mol. The van der Waals surface area contributed by atoms with Crippen LogP contribution in [0.5, 0.6) is 0 Å². The third-order valence-corrected chi connectivity index (χ3v) is 9.69. The molecule has 1 rings (SSSR count). The largest absolute Gasteiger partial charge is 0.392 e. The molecular formula is C44H76N2O3. The first-order valence-electron chi connectivity index (χ1n) is 20.4. The number of hydrogen-bond donors (Lipinski definition) is 2. The van der Waals surface area contributed by atoms with Crippen molar-refractivity contribution in [2.24, 2.45) is 5.92 Å². The highest BCUT2D eigenvalue weighted by Gasteiger charge is 2.18. The topological polar surface area (TPSA) is 61.8 Å². The first-order chi connectivity index (χ1) is 24.0. The second kappa shape index (κ2) is 32.0. The van der Waals surface area contributed by atoms with Crippen molar-refractivity contribution in [1.29, 1.82) is 0 Å². The number of allylic oxidation sites excluding steroid dienone is 1. The van der Waals surface area contributed by atoms with Gasteiger partial charge in [0, 0.05) is 44.3 Å². The monoisotopic (exact) mass is 681 g/mol. The van der Waals surface area contributed by atoms with E-state index in [4.69, 9.17) is 4.84 Å². The van der Waals surface area contributed by atoms with Gasteiger partial charge in [0.25, 0.3) is 0 Å². The molecule has 0 spiro atoms. The number of carbonyl (C=O) groups is 1. The Labute approximate surface area is 303 Å². The van der Waals surface area contributed by atoms with Gasteiger partial charge in [-0.1, -0.05) is 115 Å². The molecule has 280 valence electrons. The molecule has 3 unspecified atom stereocenters. The minimum absolute atomic E-state index is 0.101. The number of nitrogens with zero attached hydrogens (tertiary/aromatic N) is 1. The summed E-state index contributed by atoms with van der Waals surface area (Å²) in [5, 5.41) is 17.1. The van der Waals surface area contributed by atoms with Crippen LogP contribution in [0.1, 0.15) is 168 Å². The lowest BCUT2D eigenvalue weighted by atomic mass is 9.94. The third kappa shape index (κ3) is 24.8. The van der Waals surface area contributed by atoms with E-state index in [1.165, 1.54) is 49.7 Å². The number of Topliss-reactive ketones (excluding diaryl/α,β-unsaturated/α-hetero) is 1. The molecule has 0 saturated heterocycles. The van der Waals surface area contributed by atoms with Gasteiger partial charge in [-0.3, -0.25) is 9.63 Å². The molecule has 2 N–H and O–H groups in total. The van der Waals surface area contributed by atoms with E-state index in [0.29, 0.717) is 24.9 Å². The lowest BCUT2D eigenvalue weighted by Crippen LogP contribution is -2.34. The van der Waals surface area contributed by atoms with Gasteiger partial charge in [0.05, 0.1) is 12.7 Å². The lowest BCUT2D eigenvalue weighted by Gasteiger charge is -2.24. The maximum Gasteiger partial charge on any atom is 0.132 e. The molecular weight excluding hydrogens is 604 g/mol. The lowest BCUT2D eigenvalue weighted by molar-refractivity contribution is -0.162. The van der Waals surface area contributed by atoms with Gasteiger partial charge in [-0.2, -0.15) is 5.06 Å². The highest BCUT2D eigenvalue weighted by molar-refractivity contribution is 5.78. The van der Waals surface area contributed by atoms with Crippen molar-refractivity contribution in [3.8, 4) is 11.8 Å². The van der Waals surface area contributed by atoms with Crippen LogP contribution in [0, 0.1) is 17.8 Å². The normalized spacial score (nSPS) is 13.4. The Balaban J connectivity index is 2.56. The summed E-state index contributed by atoms with van der Waals surface area (Å²) in [7, 11) is 0. The summed E-state index contributed by atoms with van der Waals surface area (Å²) in [6, 6.07) is 9.44. The Morgan fingerprint density at radius 3 is 2.18 bits per heavy atom. The molecule has 0 radical (unpaired) electrons. The van der Waals surface area contributed by atoms with Gasteiger partial charge in [-0.05, 0) is 88.8 Å². The Kier molecular flexibility index (Phi) is 29.4. The Hall–Kier alpha value is -1.97. The van der Waals surface area contributed by atoms with Crippen molar-refractivity contribution in [1.82, 2.24) is 10.4 Å². The number of carbonyl (C=O) groups excluding carboxylic acids is 1. The molecule has 5 nitrogen and oxygen atoms in total. The van der Waals surface area contributed by atoms with Crippen LogP contribution >= 0.6 is 0 Å². The zero-order valence-corrected chi connectivity index (χ0v) is 32.6. The number of aliphatic hydroxyl groups is 1. The maximum absolute atomic E-state index is 12.2. The first kappa shape index (κ1) is 45.1. The molecule has 0 bridgehead atoms. The van der Waals surface area contributed by atoms with Crippen LogP contribution in [0.3, 0.4) is 0 Å². The fourth-order valence-electron chi connectivity index (χ4n) is 6.32. The number of benzene rings is 1. The van der Waals surface area contributed by atoms with Crippen molar-refractivity contribution in [2.45, 2.75) is 182 Å². The van der Waals surface area contributed by atoms with Crippen LogP contribution < -0.4 is 5.32 Å². The zero-order chi connectivity index (χ0) is 35.8. The van der Waals surface area contributed by atoms with Crippen LogP contribution in [-0.2, 0) is 22.5 Å². The molecule has 0 amide bonds. The molecule has 0 aliphatic carbocycles. The maximum atomic E-state index is 12.2. The van der Waals surface area contributed by atoms with E-state index < -0.39 is 6.10 Å². The van der Waals surface area contributed by atoms with E-state index in [0.717, 1.165) is 110 Å². The number of hydroxylamine groups is 2. The Morgan fingerprint density at radius 2 is 1.53 bits per heavy atom. The molecule has 49 heavy (non-hydrogen) atoms. The van der Waals surface area contributed by atoms with Gasteiger partial charge >= 0.3 is 0 Å². The molecule has 0 aromatic heterocycles. The van der Waals surface area contributed by atoms with E-state index in [1.54, 1.807) is 0 Å². The minimum atomic E-state index is -0.426.